The van der Waals surface area contributed by atoms with Gasteiger partial charge in [0.1, 0.15) is 11.6 Å². The van der Waals surface area contributed by atoms with Crippen molar-refractivity contribution in [2.45, 2.75) is 38.0 Å². The van der Waals surface area contributed by atoms with Crippen molar-refractivity contribution in [3.8, 4) is 0 Å². The molecule has 0 aromatic heterocycles. The second-order valence-electron chi connectivity index (χ2n) is 4.98. The molecule has 1 aliphatic carbocycles. The van der Waals surface area contributed by atoms with Gasteiger partial charge < -0.3 is 5.11 Å². The highest BCUT2D eigenvalue weighted by atomic mass is 19.1. The van der Waals surface area contributed by atoms with Gasteiger partial charge in [-0.15, -0.1) is 0 Å². The van der Waals surface area contributed by atoms with Crippen LogP contribution in [-0.2, 0) is 4.79 Å². The van der Waals surface area contributed by atoms with Crippen molar-refractivity contribution in [1.82, 2.24) is 0 Å². The number of rotatable bonds is 3. The summed E-state index contributed by atoms with van der Waals surface area (Å²) in [6, 6.07) is 3.70. The molecular formula is C14H16F2O2. The number of carboxylic acid groups (broad SMARTS) is 1. The summed E-state index contributed by atoms with van der Waals surface area (Å²) in [6.45, 7) is 0. The van der Waals surface area contributed by atoms with Gasteiger partial charge in [0.2, 0.25) is 0 Å². The summed E-state index contributed by atoms with van der Waals surface area (Å²) in [4.78, 5) is 10.6. The van der Waals surface area contributed by atoms with Gasteiger partial charge in [-0.3, -0.25) is 4.79 Å². The lowest BCUT2D eigenvalue weighted by molar-refractivity contribution is -0.138. The Labute approximate surface area is 105 Å². The molecule has 0 bridgehead atoms. The number of aliphatic carboxylic acids is 1. The van der Waals surface area contributed by atoms with Crippen LogP contribution < -0.4 is 0 Å². The van der Waals surface area contributed by atoms with Crippen molar-refractivity contribution < 1.29 is 18.7 Å². The van der Waals surface area contributed by atoms with Crippen LogP contribution in [0.3, 0.4) is 0 Å². The van der Waals surface area contributed by atoms with Gasteiger partial charge in [0, 0.05) is 12.5 Å². The Morgan fingerprint density at radius 2 is 1.89 bits per heavy atom. The first kappa shape index (κ1) is 13.0. The molecule has 1 aliphatic rings. The highest BCUT2D eigenvalue weighted by Crippen LogP contribution is 2.37. The van der Waals surface area contributed by atoms with E-state index in [0.29, 0.717) is 5.56 Å². The van der Waals surface area contributed by atoms with E-state index < -0.39 is 17.6 Å². The quantitative estimate of drug-likeness (QED) is 0.892. The Kier molecular flexibility index (Phi) is 3.94. The van der Waals surface area contributed by atoms with Crippen LogP contribution in [0.1, 0.15) is 43.6 Å². The van der Waals surface area contributed by atoms with Gasteiger partial charge in [-0.25, -0.2) is 8.78 Å². The molecule has 1 fully saturated rings. The maximum Gasteiger partial charge on any atom is 0.303 e. The molecular weight excluding hydrogens is 238 g/mol. The Morgan fingerprint density at radius 1 is 1.22 bits per heavy atom. The van der Waals surface area contributed by atoms with E-state index in [0.717, 1.165) is 31.7 Å². The maximum atomic E-state index is 13.6. The molecule has 18 heavy (non-hydrogen) atoms. The molecule has 0 amide bonds. The number of benzene rings is 1. The van der Waals surface area contributed by atoms with Crippen LogP contribution in [0.25, 0.3) is 0 Å². The molecule has 0 aliphatic heterocycles. The van der Waals surface area contributed by atoms with E-state index in [-0.39, 0.29) is 18.3 Å². The third-order valence-electron chi connectivity index (χ3n) is 3.71. The van der Waals surface area contributed by atoms with Gasteiger partial charge in [0.15, 0.2) is 0 Å². The smallest absolute Gasteiger partial charge is 0.303 e. The van der Waals surface area contributed by atoms with Gasteiger partial charge in [-0.1, -0.05) is 6.07 Å². The van der Waals surface area contributed by atoms with E-state index in [9.17, 15) is 13.6 Å². The molecule has 0 heterocycles. The lowest BCUT2D eigenvalue weighted by Gasteiger charge is -2.28. The van der Waals surface area contributed by atoms with Gasteiger partial charge in [0.25, 0.3) is 0 Å². The monoisotopic (exact) mass is 254 g/mol. The van der Waals surface area contributed by atoms with Gasteiger partial charge in [-0.05, 0) is 49.1 Å². The SMILES string of the molecule is O=C(O)CC1CCC(c2ccc(F)cc2F)CC1. The summed E-state index contributed by atoms with van der Waals surface area (Å²) < 4.78 is 26.4. The van der Waals surface area contributed by atoms with E-state index in [4.69, 9.17) is 5.11 Å². The van der Waals surface area contributed by atoms with Crippen molar-refractivity contribution in [3.63, 3.8) is 0 Å². The topological polar surface area (TPSA) is 37.3 Å². The molecule has 4 heteroatoms. The zero-order valence-corrected chi connectivity index (χ0v) is 10.0. The Morgan fingerprint density at radius 3 is 2.44 bits per heavy atom. The minimum atomic E-state index is -0.772. The second-order valence-corrected chi connectivity index (χ2v) is 4.98. The number of carbonyl (C=O) groups is 1. The summed E-state index contributed by atoms with van der Waals surface area (Å²) in [5, 5.41) is 8.72. The average molecular weight is 254 g/mol. The van der Waals surface area contributed by atoms with Crippen LogP contribution in [0.4, 0.5) is 8.78 Å². The highest BCUT2D eigenvalue weighted by Gasteiger charge is 2.25. The molecule has 1 saturated carbocycles. The van der Waals surface area contributed by atoms with Crippen LogP contribution in [0, 0.1) is 17.6 Å². The minimum absolute atomic E-state index is 0.0932. The fraction of sp³-hybridized carbons (Fsp3) is 0.500. The zero-order chi connectivity index (χ0) is 13.1. The molecule has 0 atom stereocenters. The van der Waals surface area contributed by atoms with Crippen molar-refractivity contribution in [2.24, 2.45) is 5.92 Å². The van der Waals surface area contributed by atoms with Crippen molar-refractivity contribution in [2.75, 3.05) is 0 Å². The van der Waals surface area contributed by atoms with Crippen LogP contribution in [0.15, 0.2) is 18.2 Å². The minimum Gasteiger partial charge on any atom is -0.481 e. The molecule has 0 spiro atoms. The molecule has 0 radical (unpaired) electrons. The first-order valence-corrected chi connectivity index (χ1v) is 6.23. The highest BCUT2D eigenvalue weighted by molar-refractivity contribution is 5.67. The number of hydrogen-bond acceptors (Lipinski definition) is 1. The molecule has 98 valence electrons. The fourth-order valence-electron chi connectivity index (χ4n) is 2.76. The fourth-order valence-corrected chi connectivity index (χ4v) is 2.76. The summed E-state index contributed by atoms with van der Waals surface area (Å²) >= 11 is 0. The summed E-state index contributed by atoms with van der Waals surface area (Å²) in [5.41, 5.74) is 0.560. The van der Waals surface area contributed by atoms with Crippen LogP contribution >= 0.6 is 0 Å². The van der Waals surface area contributed by atoms with Crippen LogP contribution in [0.2, 0.25) is 0 Å². The van der Waals surface area contributed by atoms with Gasteiger partial charge in [-0.2, -0.15) is 0 Å². The second kappa shape index (κ2) is 5.46. The summed E-state index contributed by atoms with van der Waals surface area (Å²) in [5.74, 6) is -1.53. The third kappa shape index (κ3) is 3.06. The van der Waals surface area contributed by atoms with Gasteiger partial charge >= 0.3 is 5.97 Å². The predicted molar refractivity (Wildman–Crippen MR) is 63.3 cm³/mol. The van der Waals surface area contributed by atoms with E-state index in [1.54, 1.807) is 0 Å². The standard InChI is InChI=1S/C14H16F2O2/c15-11-5-6-12(13(16)8-11)10-3-1-9(2-4-10)7-14(17)18/h5-6,8-10H,1-4,7H2,(H,17,18). The lowest BCUT2D eigenvalue weighted by atomic mass is 9.77. The van der Waals surface area contributed by atoms with Crippen LogP contribution in [-0.4, -0.2) is 11.1 Å². The first-order valence-electron chi connectivity index (χ1n) is 6.23. The lowest BCUT2D eigenvalue weighted by Crippen LogP contribution is -2.17. The molecule has 0 saturated heterocycles. The Bertz CT molecular complexity index is 437. The van der Waals surface area contributed by atoms with Crippen molar-refractivity contribution in [3.05, 3.63) is 35.4 Å². The van der Waals surface area contributed by atoms with Gasteiger partial charge in [0.05, 0.1) is 0 Å². The van der Waals surface area contributed by atoms with Crippen molar-refractivity contribution >= 4 is 5.97 Å². The van der Waals surface area contributed by atoms with Crippen molar-refractivity contribution in [1.29, 1.82) is 0 Å². The molecule has 1 N–H and O–H groups in total. The van der Waals surface area contributed by atoms with Crippen LogP contribution in [0.5, 0.6) is 0 Å². The molecule has 2 nitrogen and oxygen atoms in total. The molecule has 0 unspecified atom stereocenters. The summed E-state index contributed by atoms with van der Waals surface area (Å²) in [7, 11) is 0. The zero-order valence-electron chi connectivity index (χ0n) is 10.0. The Balaban J connectivity index is 1.99. The Hall–Kier alpha value is -1.45. The van der Waals surface area contributed by atoms with E-state index >= 15 is 0 Å². The van der Waals surface area contributed by atoms with E-state index in [2.05, 4.69) is 0 Å². The third-order valence-corrected chi connectivity index (χ3v) is 3.71. The first-order chi connectivity index (χ1) is 8.56. The average Bonchev–Trinajstić information content (AvgIpc) is 2.30. The van der Waals surface area contributed by atoms with E-state index in [1.807, 2.05) is 0 Å². The largest absolute Gasteiger partial charge is 0.481 e. The number of carboxylic acids is 1. The molecule has 1 aromatic carbocycles. The normalized spacial score (nSPS) is 23.9. The molecule has 1 aromatic rings. The maximum absolute atomic E-state index is 13.6. The number of halogens is 2. The molecule has 2 rings (SSSR count). The number of hydrogen-bond donors (Lipinski definition) is 1. The predicted octanol–water partition coefficient (Wildman–Crippen LogP) is 3.71. The van der Waals surface area contributed by atoms with E-state index in [1.165, 1.54) is 12.1 Å². The summed E-state index contributed by atoms with van der Waals surface area (Å²) in [6.07, 6.45) is 3.35.